The van der Waals surface area contributed by atoms with E-state index in [-0.39, 0.29) is 0 Å². The van der Waals surface area contributed by atoms with Crippen LogP contribution < -0.4 is 11.6 Å². The van der Waals surface area contributed by atoms with E-state index in [1.54, 1.807) is 13.2 Å². The van der Waals surface area contributed by atoms with Gasteiger partial charge in [-0.1, -0.05) is 18.2 Å². The van der Waals surface area contributed by atoms with Gasteiger partial charge < -0.3 is 10.7 Å². The third kappa shape index (κ3) is 3.00. The van der Waals surface area contributed by atoms with E-state index in [1.165, 1.54) is 5.01 Å². The van der Waals surface area contributed by atoms with Gasteiger partial charge >= 0.3 is 0 Å². The second-order valence-corrected chi connectivity index (χ2v) is 5.45. The number of hydrazine groups is 1. The summed E-state index contributed by atoms with van der Waals surface area (Å²) in [7, 11) is 1.77. The van der Waals surface area contributed by atoms with Crippen molar-refractivity contribution < 1.29 is 0 Å². The number of nitrogens with two attached hydrogens (primary N) is 2. The van der Waals surface area contributed by atoms with Gasteiger partial charge in [-0.25, -0.2) is 5.84 Å². The van der Waals surface area contributed by atoms with Gasteiger partial charge in [0.25, 0.3) is 0 Å². The van der Waals surface area contributed by atoms with Crippen molar-refractivity contribution in [3.05, 3.63) is 71.7 Å². The average Bonchev–Trinajstić information content (AvgIpc) is 2.54. The first-order valence-corrected chi connectivity index (χ1v) is 7.33. The van der Waals surface area contributed by atoms with Crippen LogP contribution in [0.4, 0.5) is 0 Å². The van der Waals surface area contributed by atoms with Gasteiger partial charge in [-0.3, -0.25) is 9.97 Å². The summed E-state index contributed by atoms with van der Waals surface area (Å²) < 4.78 is 0. The van der Waals surface area contributed by atoms with E-state index in [4.69, 9.17) is 11.6 Å². The molecule has 0 bridgehead atoms. The standard InChI is InChI=1S/C18H19N5/c1-12-5-3-7-16(22-12)17(19)18(23(2)20)14-8-9-15-13(11-14)6-4-10-21-15/h3-11H,19-20H2,1-2H3/b18-17-. The first kappa shape index (κ1) is 15.0. The maximum atomic E-state index is 6.37. The molecule has 0 fully saturated rings. The quantitative estimate of drug-likeness (QED) is 0.574. The number of fused-ring (bicyclic) bond motifs is 1. The largest absolute Gasteiger partial charge is 0.395 e. The predicted octanol–water partition coefficient (Wildman–Crippen LogP) is 2.53. The minimum Gasteiger partial charge on any atom is -0.395 e. The first-order chi connectivity index (χ1) is 11.1. The zero-order chi connectivity index (χ0) is 16.4. The van der Waals surface area contributed by atoms with E-state index < -0.39 is 0 Å². The highest BCUT2D eigenvalue weighted by molar-refractivity contribution is 5.91. The Labute approximate surface area is 135 Å². The summed E-state index contributed by atoms with van der Waals surface area (Å²) in [6, 6.07) is 15.6. The SMILES string of the molecule is Cc1cccc(/C(N)=C(\c2ccc3ncccc3c2)N(C)N)n1. The molecule has 5 heteroatoms. The molecule has 0 amide bonds. The van der Waals surface area contributed by atoms with E-state index >= 15 is 0 Å². The highest BCUT2D eigenvalue weighted by Gasteiger charge is 2.13. The Morgan fingerprint density at radius 2 is 1.91 bits per heavy atom. The van der Waals surface area contributed by atoms with Crippen molar-refractivity contribution in [1.82, 2.24) is 15.0 Å². The third-order valence-electron chi connectivity index (χ3n) is 3.65. The van der Waals surface area contributed by atoms with Gasteiger partial charge in [-0.15, -0.1) is 0 Å². The lowest BCUT2D eigenvalue weighted by atomic mass is 10.0. The summed E-state index contributed by atoms with van der Waals surface area (Å²) in [5.74, 6) is 6.04. The van der Waals surface area contributed by atoms with Crippen LogP contribution in [0.5, 0.6) is 0 Å². The molecule has 3 rings (SSSR count). The normalized spacial score (nSPS) is 12.1. The number of aryl methyl sites for hydroxylation is 1. The molecule has 116 valence electrons. The van der Waals surface area contributed by atoms with E-state index in [2.05, 4.69) is 9.97 Å². The fourth-order valence-corrected chi connectivity index (χ4v) is 2.59. The van der Waals surface area contributed by atoms with Crippen molar-refractivity contribution in [2.75, 3.05) is 7.05 Å². The highest BCUT2D eigenvalue weighted by atomic mass is 15.4. The molecular weight excluding hydrogens is 286 g/mol. The summed E-state index contributed by atoms with van der Waals surface area (Å²) in [6.07, 6.45) is 1.78. The summed E-state index contributed by atoms with van der Waals surface area (Å²) in [5, 5.41) is 2.56. The van der Waals surface area contributed by atoms with Crippen LogP contribution in [0.25, 0.3) is 22.3 Å². The average molecular weight is 305 g/mol. The Hall–Kier alpha value is -2.92. The summed E-state index contributed by atoms with van der Waals surface area (Å²) >= 11 is 0. The summed E-state index contributed by atoms with van der Waals surface area (Å²) in [5.41, 5.74) is 11.1. The Kier molecular flexibility index (Phi) is 3.95. The van der Waals surface area contributed by atoms with Crippen LogP contribution in [0, 0.1) is 6.92 Å². The molecule has 0 aliphatic rings. The second kappa shape index (κ2) is 6.06. The van der Waals surface area contributed by atoms with Crippen molar-refractivity contribution in [2.24, 2.45) is 11.6 Å². The molecular formula is C18H19N5. The van der Waals surface area contributed by atoms with E-state index in [0.29, 0.717) is 11.4 Å². The summed E-state index contributed by atoms with van der Waals surface area (Å²) in [6.45, 7) is 1.93. The molecule has 5 nitrogen and oxygen atoms in total. The molecule has 0 aliphatic carbocycles. The Morgan fingerprint density at radius 3 is 2.65 bits per heavy atom. The predicted molar refractivity (Wildman–Crippen MR) is 93.7 cm³/mol. The molecule has 23 heavy (non-hydrogen) atoms. The molecule has 0 saturated carbocycles. The second-order valence-electron chi connectivity index (χ2n) is 5.45. The monoisotopic (exact) mass is 305 g/mol. The maximum absolute atomic E-state index is 6.37. The van der Waals surface area contributed by atoms with Crippen LogP contribution in [0.2, 0.25) is 0 Å². The van der Waals surface area contributed by atoms with Crippen molar-refractivity contribution >= 4 is 22.3 Å². The Balaban J connectivity index is 2.18. The molecule has 0 radical (unpaired) electrons. The van der Waals surface area contributed by atoms with Gasteiger partial charge in [0.1, 0.15) is 0 Å². The molecule has 0 atom stereocenters. The number of aromatic nitrogens is 2. The lowest BCUT2D eigenvalue weighted by Crippen LogP contribution is -2.27. The van der Waals surface area contributed by atoms with E-state index in [1.807, 2.05) is 55.5 Å². The molecule has 3 aromatic rings. The first-order valence-electron chi connectivity index (χ1n) is 7.33. The van der Waals surface area contributed by atoms with Crippen molar-refractivity contribution in [2.45, 2.75) is 6.92 Å². The van der Waals surface area contributed by atoms with Crippen LogP contribution in [0.3, 0.4) is 0 Å². The fraction of sp³-hybridized carbons (Fsp3) is 0.111. The molecule has 0 aliphatic heterocycles. The highest BCUT2D eigenvalue weighted by Crippen LogP contribution is 2.25. The zero-order valence-electron chi connectivity index (χ0n) is 13.2. The van der Waals surface area contributed by atoms with Crippen LogP contribution in [-0.2, 0) is 0 Å². The topological polar surface area (TPSA) is 81.1 Å². The molecule has 0 spiro atoms. The molecule has 4 N–H and O–H groups in total. The fourth-order valence-electron chi connectivity index (χ4n) is 2.59. The smallest absolute Gasteiger partial charge is 0.0884 e. The van der Waals surface area contributed by atoms with Gasteiger partial charge in [0.05, 0.1) is 22.6 Å². The minimum atomic E-state index is 0.543. The Bertz CT molecular complexity index is 883. The van der Waals surface area contributed by atoms with Gasteiger partial charge in [0.2, 0.25) is 0 Å². The van der Waals surface area contributed by atoms with Gasteiger partial charge in [-0.05, 0) is 37.3 Å². The van der Waals surface area contributed by atoms with E-state index in [9.17, 15) is 0 Å². The van der Waals surface area contributed by atoms with Gasteiger partial charge in [0.15, 0.2) is 0 Å². The van der Waals surface area contributed by atoms with Crippen LogP contribution in [-0.4, -0.2) is 22.0 Å². The van der Waals surface area contributed by atoms with Crippen molar-refractivity contribution in [3.8, 4) is 0 Å². The molecule has 0 unspecified atom stereocenters. The number of rotatable bonds is 3. The Morgan fingerprint density at radius 1 is 1.09 bits per heavy atom. The third-order valence-corrected chi connectivity index (χ3v) is 3.65. The number of nitrogens with zero attached hydrogens (tertiary/aromatic N) is 3. The summed E-state index contributed by atoms with van der Waals surface area (Å²) in [4.78, 5) is 8.82. The van der Waals surface area contributed by atoms with Crippen molar-refractivity contribution in [3.63, 3.8) is 0 Å². The zero-order valence-corrected chi connectivity index (χ0v) is 13.2. The minimum absolute atomic E-state index is 0.543. The number of hydrogen-bond donors (Lipinski definition) is 2. The van der Waals surface area contributed by atoms with Gasteiger partial charge in [-0.2, -0.15) is 0 Å². The maximum Gasteiger partial charge on any atom is 0.0884 e. The number of hydrogen-bond acceptors (Lipinski definition) is 5. The molecule has 0 saturated heterocycles. The van der Waals surface area contributed by atoms with Crippen LogP contribution in [0.1, 0.15) is 17.0 Å². The lowest BCUT2D eigenvalue weighted by molar-refractivity contribution is 0.511. The molecule has 2 aromatic heterocycles. The molecule has 2 heterocycles. The van der Waals surface area contributed by atoms with Crippen molar-refractivity contribution in [1.29, 1.82) is 0 Å². The molecule has 1 aromatic carbocycles. The van der Waals surface area contributed by atoms with Gasteiger partial charge in [0, 0.05) is 29.9 Å². The lowest BCUT2D eigenvalue weighted by Gasteiger charge is -2.20. The van der Waals surface area contributed by atoms with Crippen LogP contribution in [0.15, 0.2) is 54.7 Å². The van der Waals surface area contributed by atoms with E-state index in [0.717, 1.165) is 27.9 Å². The number of benzene rings is 1. The number of pyridine rings is 2. The van der Waals surface area contributed by atoms with Crippen LogP contribution >= 0.6 is 0 Å².